The first-order valence-corrected chi connectivity index (χ1v) is 9.40. The molecule has 2 aromatic rings. The summed E-state index contributed by atoms with van der Waals surface area (Å²) < 4.78 is 0. The van der Waals surface area contributed by atoms with Crippen molar-refractivity contribution in [2.75, 3.05) is 0 Å². The van der Waals surface area contributed by atoms with Crippen molar-refractivity contribution >= 4 is 22.5 Å². The second-order valence-corrected chi connectivity index (χ2v) is 7.24. The van der Waals surface area contributed by atoms with E-state index in [2.05, 4.69) is 50.3 Å². The van der Waals surface area contributed by atoms with E-state index in [1.165, 1.54) is 18.1 Å². The van der Waals surface area contributed by atoms with Gasteiger partial charge in [0.1, 0.15) is 5.92 Å². The van der Waals surface area contributed by atoms with E-state index in [9.17, 15) is 9.59 Å². The number of rotatable bonds is 8. The topological polar surface area (TPSA) is 54.4 Å². The minimum Gasteiger partial charge on any atom is -0.481 e. The summed E-state index contributed by atoms with van der Waals surface area (Å²) in [4.78, 5) is 23.5. The van der Waals surface area contributed by atoms with Crippen LogP contribution in [0.5, 0.6) is 0 Å². The minimum atomic E-state index is -1.10. The van der Waals surface area contributed by atoms with Gasteiger partial charge in [0.2, 0.25) is 0 Å². The van der Waals surface area contributed by atoms with Gasteiger partial charge in [-0.3, -0.25) is 9.59 Å². The average Bonchev–Trinajstić information content (AvgIpc) is 2.64. The van der Waals surface area contributed by atoms with Gasteiger partial charge < -0.3 is 5.11 Å². The van der Waals surface area contributed by atoms with Crippen LogP contribution in [0.4, 0.5) is 0 Å². The molecular weight excluding hydrogens is 336 g/mol. The number of carboxylic acids is 1. The number of Topliss-reactive ketones (excluding diaryl/α,β-unsaturated/α-hetero) is 1. The van der Waals surface area contributed by atoms with Crippen molar-refractivity contribution < 1.29 is 14.7 Å². The smallest absolute Gasteiger partial charge is 0.314 e. The number of carboxylic acid groups (broad SMARTS) is 1. The number of allylic oxidation sites excluding steroid dienone is 4. The lowest BCUT2D eigenvalue weighted by atomic mass is 9.90. The third-order valence-corrected chi connectivity index (χ3v) is 4.76. The van der Waals surface area contributed by atoms with Crippen LogP contribution in [0.3, 0.4) is 0 Å². The highest BCUT2D eigenvalue weighted by Crippen LogP contribution is 2.28. The molecule has 2 unspecified atom stereocenters. The molecule has 0 aromatic heterocycles. The second kappa shape index (κ2) is 9.31. The molecule has 0 aliphatic rings. The molecule has 0 saturated heterocycles. The van der Waals surface area contributed by atoms with Gasteiger partial charge in [-0.15, -0.1) is 0 Å². The lowest BCUT2D eigenvalue weighted by Crippen LogP contribution is -2.20. The largest absolute Gasteiger partial charge is 0.481 e. The highest BCUT2D eigenvalue weighted by Gasteiger charge is 2.22. The first kappa shape index (κ1) is 20.6. The van der Waals surface area contributed by atoms with Crippen LogP contribution < -0.4 is 0 Å². The molecule has 2 aromatic carbocycles. The normalized spacial score (nSPS) is 13.5. The Balaban J connectivity index is 2.41. The summed E-state index contributed by atoms with van der Waals surface area (Å²) in [6, 6.07) is 11.7. The summed E-state index contributed by atoms with van der Waals surface area (Å²) in [5, 5.41) is 11.1. The molecule has 142 valence electrons. The Morgan fingerprint density at radius 3 is 2.41 bits per heavy atom. The number of fused-ring (bicyclic) bond motifs is 1. The Morgan fingerprint density at radius 2 is 1.78 bits per heavy atom. The second-order valence-electron chi connectivity index (χ2n) is 7.24. The standard InChI is InChI=1S/C24H28O3/c1-5-6-7-8-19(13-16(2)3)20-11-9-18-10-12-21(15-22(18)14-20)23(25)17(4)24(26)27/h5-6,9-15,17,19H,7-8H2,1-4H3,(H,26,27). The summed E-state index contributed by atoms with van der Waals surface area (Å²) in [6.45, 7) is 7.67. The van der Waals surface area contributed by atoms with Gasteiger partial charge in [-0.1, -0.05) is 54.1 Å². The van der Waals surface area contributed by atoms with Gasteiger partial charge in [0, 0.05) is 11.5 Å². The summed E-state index contributed by atoms with van der Waals surface area (Å²) >= 11 is 0. The van der Waals surface area contributed by atoms with E-state index in [0.29, 0.717) is 11.5 Å². The number of aliphatic carboxylic acids is 1. The van der Waals surface area contributed by atoms with Crippen LogP contribution in [-0.4, -0.2) is 16.9 Å². The SMILES string of the molecule is CC=CCCC(C=C(C)C)c1ccc2ccc(C(=O)C(C)C(=O)O)cc2c1. The van der Waals surface area contributed by atoms with E-state index in [-0.39, 0.29) is 5.78 Å². The molecule has 0 radical (unpaired) electrons. The molecule has 0 bridgehead atoms. The molecule has 0 fully saturated rings. The van der Waals surface area contributed by atoms with E-state index in [0.717, 1.165) is 23.6 Å². The first-order valence-electron chi connectivity index (χ1n) is 9.40. The molecule has 27 heavy (non-hydrogen) atoms. The molecule has 2 atom stereocenters. The maximum absolute atomic E-state index is 12.4. The number of carbonyl (C=O) groups is 2. The molecule has 0 aliphatic heterocycles. The Bertz CT molecular complexity index is 886. The zero-order valence-electron chi connectivity index (χ0n) is 16.5. The highest BCUT2D eigenvalue weighted by molar-refractivity contribution is 6.09. The molecule has 1 N–H and O–H groups in total. The van der Waals surface area contributed by atoms with Crippen molar-refractivity contribution in [2.24, 2.45) is 5.92 Å². The lowest BCUT2D eigenvalue weighted by Gasteiger charge is -2.15. The van der Waals surface area contributed by atoms with Crippen LogP contribution in [0.15, 0.2) is 60.2 Å². The minimum absolute atomic E-state index is 0.313. The van der Waals surface area contributed by atoms with Crippen molar-refractivity contribution in [1.82, 2.24) is 0 Å². The van der Waals surface area contributed by atoms with E-state index in [4.69, 9.17) is 5.11 Å². The third-order valence-electron chi connectivity index (χ3n) is 4.76. The summed E-state index contributed by atoms with van der Waals surface area (Å²) in [6.07, 6.45) is 8.57. The van der Waals surface area contributed by atoms with Gasteiger partial charge in [0.05, 0.1) is 0 Å². The fraction of sp³-hybridized carbons (Fsp3) is 0.333. The van der Waals surface area contributed by atoms with Crippen molar-refractivity contribution in [2.45, 2.75) is 46.5 Å². The maximum Gasteiger partial charge on any atom is 0.314 e. The molecule has 3 heteroatoms. The lowest BCUT2D eigenvalue weighted by molar-refractivity contribution is -0.139. The molecular formula is C24H28O3. The van der Waals surface area contributed by atoms with Crippen molar-refractivity contribution in [3.05, 3.63) is 71.3 Å². The Morgan fingerprint density at radius 1 is 1.07 bits per heavy atom. The molecule has 0 amide bonds. The van der Waals surface area contributed by atoms with Gasteiger partial charge in [0.25, 0.3) is 0 Å². The van der Waals surface area contributed by atoms with E-state index >= 15 is 0 Å². The summed E-state index contributed by atoms with van der Waals surface area (Å²) in [5.41, 5.74) is 2.94. The number of hydrogen-bond donors (Lipinski definition) is 1. The fourth-order valence-corrected chi connectivity index (χ4v) is 3.20. The number of benzene rings is 2. The van der Waals surface area contributed by atoms with Crippen molar-refractivity contribution in [3.8, 4) is 0 Å². The van der Waals surface area contributed by atoms with Crippen LogP contribution in [0.2, 0.25) is 0 Å². The highest BCUT2D eigenvalue weighted by atomic mass is 16.4. The zero-order chi connectivity index (χ0) is 20.0. The third kappa shape index (κ3) is 5.40. The molecule has 0 heterocycles. The molecule has 3 nitrogen and oxygen atoms in total. The monoisotopic (exact) mass is 364 g/mol. The number of ketones is 1. The van der Waals surface area contributed by atoms with Crippen LogP contribution in [0, 0.1) is 5.92 Å². The Kier molecular flexibility index (Phi) is 7.12. The van der Waals surface area contributed by atoms with Crippen LogP contribution in [0.25, 0.3) is 10.8 Å². The molecule has 0 spiro atoms. The molecule has 0 aliphatic carbocycles. The van der Waals surface area contributed by atoms with Gasteiger partial charge in [-0.2, -0.15) is 0 Å². The zero-order valence-corrected chi connectivity index (χ0v) is 16.5. The Labute approximate surface area is 161 Å². The summed E-state index contributed by atoms with van der Waals surface area (Å²) in [5.74, 6) is -2.18. The predicted octanol–water partition coefficient (Wildman–Crippen LogP) is 6.15. The molecule has 0 saturated carbocycles. The van der Waals surface area contributed by atoms with Gasteiger partial charge >= 0.3 is 5.97 Å². The average molecular weight is 364 g/mol. The van der Waals surface area contributed by atoms with Crippen LogP contribution in [-0.2, 0) is 4.79 Å². The van der Waals surface area contributed by atoms with Crippen molar-refractivity contribution in [1.29, 1.82) is 0 Å². The van der Waals surface area contributed by atoms with E-state index in [1.54, 1.807) is 6.07 Å². The van der Waals surface area contributed by atoms with E-state index < -0.39 is 11.9 Å². The van der Waals surface area contributed by atoms with E-state index in [1.807, 2.05) is 19.1 Å². The quantitative estimate of drug-likeness (QED) is 0.347. The van der Waals surface area contributed by atoms with Gasteiger partial charge in [-0.25, -0.2) is 0 Å². The summed E-state index contributed by atoms with van der Waals surface area (Å²) in [7, 11) is 0. The van der Waals surface area contributed by atoms with Crippen LogP contribution >= 0.6 is 0 Å². The molecule has 2 rings (SSSR count). The van der Waals surface area contributed by atoms with Gasteiger partial charge in [0.15, 0.2) is 5.78 Å². The number of carbonyl (C=O) groups excluding carboxylic acids is 1. The first-order chi connectivity index (χ1) is 12.8. The van der Waals surface area contributed by atoms with Crippen molar-refractivity contribution in [3.63, 3.8) is 0 Å². The maximum atomic E-state index is 12.4. The fourth-order valence-electron chi connectivity index (χ4n) is 3.20. The van der Waals surface area contributed by atoms with Crippen LogP contribution in [0.1, 0.15) is 62.4 Å². The Hall–Kier alpha value is -2.68. The number of hydrogen-bond acceptors (Lipinski definition) is 2. The van der Waals surface area contributed by atoms with Gasteiger partial charge in [-0.05, 0) is 62.9 Å². The predicted molar refractivity (Wildman–Crippen MR) is 111 cm³/mol.